The summed E-state index contributed by atoms with van der Waals surface area (Å²) < 4.78 is 2.08. The Morgan fingerprint density at radius 2 is 2.06 bits per heavy atom. The molecule has 1 aromatic heterocycles. The molecule has 1 heterocycles. The Morgan fingerprint density at radius 1 is 1.44 bits per heavy atom. The highest BCUT2D eigenvalue weighted by Gasteiger charge is 2.14. The lowest BCUT2D eigenvalue weighted by atomic mass is 10.3. The van der Waals surface area contributed by atoms with E-state index in [4.69, 9.17) is 5.11 Å². The summed E-state index contributed by atoms with van der Waals surface area (Å²) in [6, 6.07) is 0. The van der Waals surface area contributed by atoms with Crippen molar-refractivity contribution < 1.29 is 9.90 Å². The van der Waals surface area contributed by atoms with Gasteiger partial charge in [-0.05, 0) is 6.42 Å². The average molecular weight is 226 g/mol. The van der Waals surface area contributed by atoms with E-state index < -0.39 is 17.2 Å². The van der Waals surface area contributed by atoms with Crippen LogP contribution >= 0.6 is 0 Å². The van der Waals surface area contributed by atoms with E-state index >= 15 is 0 Å². The van der Waals surface area contributed by atoms with Gasteiger partial charge < -0.3 is 9.67 Å². The van der Waals surface area contributed by atoms with Crippen molar-refractivity contribution in [3.8, 4) is 0 Å². The molecule has 0 aliphatic carbocycles. The molecule has 1 rings (SSSR count). The van der Waals surface area contributed by atoms with Crippen molar-refractivity contribution in [1.29, 1.82) is 0 Å². The normalized spacial score (nSPS) is 10.4. The van der Waals surface area contributed by atoms with Gasteiger partial charge in [-0.1, -0.05) is 13.3 Å². The van der Waals surface area contributed by atoms with E-state index in [9.17, 15) is 14.4 Å². The molecule has 0 aliphatic heterocycles. The number of hydrogen-bond donors (Lipinski definition) is 1. The number of aryl methyl sites for hydroxylation is 1. The number of carbonyl (C=O) groups is 1. The summed E-state index contributed by atoms with van der Waals surface area (Å²) in [5, 5.41) is 8.80. The number of nitrogens with zero attached hydrogens (tertiary/aromatic N) is 2. The number of rotatable bonds is 4. The van der Waals surface area contributed by atoms with E-state index in [1.807, 2.05) is 6.92 Å². The zero-order chi connectivity index (χ0) is 12.3. The minimum atomic E-state index is -1.31. The van der Waals surface area contributed by atoms with Gasteiger partial charge in [-0.15, -0.1) is 0 Å². The Balaban J connectivity index is 3.40. The molecule has 0 saturated carbocycles. The van der Waals surface area contributed by atoms with E-state index in [2.05, 4.69) is 0 Å². The van der Waals surface area contributed by atoms with Crippen molar-refractivity contribution in [3.05, 3.63) is 32.6 Å². The van der Waals surface area contributed by atoms with Crippen LogP contribution in [0.25, 0.3) is 0 Å². The molecular formula is C10H14N2O4. The second kappa shape index (κ2) is 4.78. The molecule has 0 fully saturated rings. The molecule has 0 unspecified atom stereocenters. The Morgan fingerprint density at radius 3 is 2.56 bits per heavy atom. The van der Waals surface area contributed by atoms with Gasteiger partial charge in [-0.25, -0.2) is 9.59 Å². The molecule has 88 valence electrons. The number of unbranched alkanes of at least 4 members (excludes halogenated alkanes) is 1. The van der Waals surface area contributed by atoms with E-state index in [-0.39, 0.29) is 12.1 Å². The highest BCUT2D eigenvalue weighted by Crippen LogP contribution is 1.92. The maximum Gasteiger partial charge on any atom is 0.342 e. The fourth-order valence-corrected chi connectivity index (χ4v) is 1.39. The average Bonchev–Trinajstić information content (AvgIpc) is 2.23. The van der Waals surface area contributed by atoms with Crippen molar-refractivity contribution in [2.45, 2.75) is 26.3 Å². The topological polar surface area (TPSA) is 81.3 Å². The van der Waals surface area contributed by atoms with Crippen LogP contribution in [0.5, 0.6) is 0 Å². The third-order valence-corrected chi connectivity index (χ3v) is 2.30. The quantitative estimate of drug-likeness (QED) is 0.786. The molecule has 0 radical (unpaired) electrons. The van der Waals surface area contributed by atoms with Crippen molar-refractivity contribution in [2.24, 2.45) is 7.05 Å². The molecule has 0 bridgehead atoms. The van der Waals surface area contributed by atoms with Crippen LogP contribution in [0.1, 0.15) is 30.1 Å². The molecule has 6 nitrogen and oxygen atoms in total. The summed E-state index contributed by atoms with van der Waals surface area (Å²) in [4.78, 5) is 34.0. The first-order chi connectivity index (χ1) is 7.49. The first-order valence-corrected chi connectivity index (χ1v) is 5.02. The van der Waals surface area contributed by atoms with Crippen molar-refractivity contribution in [3.63, 3.8) is 0 Å². The number of hydrogen-bond acceptors (Lipinski definition) is 3. The van der Waals surface area contributed by atoms with Crippen LogP contribution < -0.4 is 11.2 Å². The molecule has 0 atom stereocenters. The Kier molecular flexibility index (Phi) is 3.65. The van der Waals surface area contributed by atoms with Crippen LogP contribution in [0, 0.1) is 0 Å². The van der Waals surface area contributed by atoms with Crippen molar-refractivity contribution in [2.75, 3.05) is 0 Å². The molecule has 16 heavy (non-hydrogen) atoms. The largest absolute Gasteiger partial charge is 0.477 e. The summed E-state index contributed by atoms with van der Waals surface area (Å²) in [6.45, 7) is 2.18. The van der Waals surface area contributed by atoms with E-state index in [0.717, 1.165) is 21.8 Å². The van der Waals surface area contributed by atoms with Gasteiger partial charge in [0.2, 0.25) is 0 Å². The van der Waals surface area contributed by atoms with Crippen LogP contribution in [0.15, 0.2) is 15.8 Å². The molecule has 0 aliphatic rings. The molecule has 1 N–H and O–H groups in total. The number of aromatic carboxylic acids is 1. The minimum absolute atomic E-state index is 0.253. The number of carboxylic acid groups (broad SMARTS) is 1. The van der Waals surface area contributed by atoms with Gasteiger partial charge in [0, 0.05) is 19.8 Å². The summed E-state index contributed by atoms with van der Waals surface area (Å²) in [6.07, 6.45) is 2.54. The first-order valence-electron chi connectivity index (χ1n) is 5.02. The Hall–Kier alpha value is -1.85. The Bertz CT molecular complexity index is 513. The van der Waals surface area contributed by atoms with Crippen molar-refractivity contribution >= 4 is 5.97 Å². The van der Waals surface area contributed by atoms with E-state index in [0.29, 0.717) is 6.42 Å². The zero-order valence-electron chi connectivity index (χ0n) is 9.27. The summed E-state index contributed by atoms with van der Waals surface area (Å²) in [7, 11) is 1.43. The van der Waals surface area contributed by atoms with Gasteiger partial charge in [0.15, 0.2) is 0 Å². The fourth-order valence-electron chi connectivity index (χ4n) is 1.39. The lowest BCUT2D eigenvalue weighted by Gasteiger charge is -2.07. The molecular weight excluding hydrogens is 212 g/mol. The molecule has 1 aromatic rings. The van der Waals surface area contributed by atoms with Crippen LogP contribution in [0.3, 0.4) is 0 Å². The molecule has 6 heteroatoms. The fraction of sp³-hybridized carbons (Fsp3) is 0.500. The van der Waals surface area contributed by atoms with Gasteiger partial charge in [0.25, 0.3) is 5.56 Å². The third-order valence-electron chi connectivity index (χ3n) is 2.30. The smallest absolute Gasteiger partial charge is 0.342 e. The van der Waals surface area contributed by atoms with Gasteiger partial charge in [0.05, 0.1) is 0 Å². The molecule has 0 spiro atoms. The maximum atomic E-state index is 11.7. The first kappa shape index (κ1) is 12.2. The van der Waals surface area contributed by atoms with Gasteiger partial charge >= 0.3 is 11.7 Å². The van der Waals surface area contributed by atoms with Crippen LogP contribution in [0.4, 0.5) is 0 Å². The molecule has 0 aromatic carbocycles. The van der Waals surface area contributed by atoms with Crippen LogP contribution in [-0.2, 0) is 13.6 Å². The van der Waals surface area contributed by atoms with E-state index in [1.165, 1.54) is 7.05 Å². The highest BCUT2D eigenvalue weighted by molar-refractivity contribution is 5.86. The standard InChI is InChI=1S/C10H14N2O4/c1-3-4-5-12-8(13)7(9(14)15)6-11(2)10(12)16/h6H,3-5H2,1-2H3,(H,14,15). The number of carboxylic acids is 1. The monoisotopic (exact) mass is 226 g/mol. The summed E-state index contributed by atoms with van der Waals surface area (Å²) in [5.74, 6) is -1.31. The molecule has 0 amide bonds. The van der Waals surface area contributed by atoms with Gasteiger partial charge in [-0.2, -0.15) is 0 Å². The van der Waals surface area contributed by atoms with E-state index in [1.54, 1.807) is 0 Å². The van der Waals surface area contributed by atoms with Gasteiger partial charge in [0.1, 0.15) is 5.56 Å². The second-order valence-corrected chi connectivity index (χ2v) is 3.55. The Labute approximate surface area is 91.8 Å². The highest BCUT2D eigenvalue weighted by atomic mass is 16.4. The lowest BCUT2D eigenvalue weighted by molar-refractivity contribution is 0.0692. The predicted molar refractivity (Wildman–Crippen MR) is 57.8 cm³/mol. The number of aromatic nitrogens is 2. The zero-order valence-corrected chi connectivity index (χ0v) is 9.27. The van der Waals surface area contributed by atoms with Crippen LogP contribution in [-0.4, -0.2) is 20.2 Å². The van der Waals surface area contributed by atoms with Crippen molar-refractivity contribution in [1.82, 2.24) is 9.13 Å². The second-order valence-electron chi connectivity index (χ2n) is 3.55. The molecule has 0 saturated heterocycles. The summed E-state index contributed by atoms with van der Waals surface area (Å²) in [5.41, 5.74) is -1.59. The third kappa shape index (κ3) is 2.21. The SMILES string of the molecule is CCCCn1c(=O)c(C(=O)O)cn(C)c1=O. The van der Waals surface area contributed by atoms with Crippen LogP contribution in [0.2, 0.25) is 0 Å². The lowest BCUT2D eigenvalue weighted by Crippen LogP contribution is -2.41. The maximum absolute atomic E-state index is 11.7. The predicted octanol–water partition coefficient (Wildman–Crippen LogP) is 0.0453. The van der Waals surface area contributed by atoms with Gasteiger partial charge in [-0.3, -0.25) is 9.36 Å². The minimum Gasteiger partial charge on any atom is -0.477 e. The summed E-state index contributed by atoms with van der Waals surface area (Å²) >= 11 is 0.